The van der Waals surface area contributed by atoms with Gasteiger partial charge in [-0.3, -0.25) is 9.69 Å². The molecule has 3 aliphatic heterocycles. The van der Waals surface area contributed by atoms with Crippen molar-refractivity contribution in [3.8, 4) is 11.5 Å². The minimum Gasteiger partial charge on any atom is -0.503 e. The minimum absolute atomic E-state index is 0.140. The number of aldehydes is 1. The number of hydrogen-bond acceptors (Lipinski definition) is 5. The molecule has 2 saturated heterocycles. The first-order chi connectivity index (χ1) is 12.2. The van der Waals surface area contributed by atoms with Crippen molar-refractivity contribution in [1.82, 2.24) is 4.90 Å². The second-order valence-electron chi connectivity index (χ2n) is 7.47. The van der Waals surface area contributed by atoms with Gasteiger partial charge < -0.3 is 15.2 Å². The maximum atomic E-state index is 12.1. The summed E-state index contributed by atoms with van der Waals surface area (Å²) in [5.41, 5.74) is 4.82. The summed E-state index contributed by atoms with van der Waals surface area (Å²) in [5.74, 6) is 0.790. The summed E-state index contributed by atoms with van der Waals surface area (Å²) < 4.78 is 5.28. The highest BCUT2D eigenvalue weighted by Crippen LogP contribution is 2.62. The zero-order valence-corrected chi connectivity index (χ0v) is 14.5. The average molecular weight is 338 g/mol. The lowest BCUT2D eigenvalue weighted by atomic mass is 9.62. The molecule has 3 atom stereocenters. The van der Waals surface area contributed by atoms with Crippen LogP contribution in [0.25, 0.3) is 0 Å². The number of nitrogens with zero attached hydrogens (tertiary/aromatic N) is 1. The largest absolute Gasteiger partial charge is 0.503 e. The van der Waals surface area contributed by atoms with E-state index < -0.39 is 0 Å². The summed E-state index contributed by atoms with van der Waals surface area (Å²) in [6.45, 7) is 4.02. The number of ether oxygens (including phenoxy) is 1. The lowest BCUT2D eigenvalue weighted by Crippen LogP contribution is -2.52. The van der Waals surface area contributed by atoms with Crippen LogP contribution >= 0.6 is 0 Å². The van der Waals surface area contributed by atoms with Crippen molar-refractivity contribution in [2.24, 2.45) is 5.92 Å². The van der Waals surface area contributed by atoms with Crippen LogP contribution in [-0.2, 0) is 10.2 Å². The molecular weight excluding hydrogens is 316 g/mol. The Bertz CT molecular complexity index is 857. The van der Waals surface area contributed by atoms with Crippen LogP contribution in [0.5, 0.6) is 11.5 Å². The van der Waals surface area contributed by atoms with E-state index in [4.69, 9.17) is 4.74 Å². The van der Waals surface area contributed by atoms with Crippen LogP contribution in [0.1, 0.15) is 25.3 Å². The normalized spacial score (nSPS) is 33.9. The molecule has 0 amide bonds. The Balaban J connectivity index is 1.80. The third-order valence-electron chi connectivity index (χ3n) is 6.79. The molecule has 25 heavy (non-hydrogen) atoms. The Kier molecular flexibility index (Phi) is 2.93. The SMILES string of the molecule is CC=C1CN2CC[C@]34C(=C(C=O)[C@H]1C[C@H]23)Nc1c4ccc(OC)c1O. The smallest absolute Gasteiger partial charge is 0.182 e. The zero-order chi connectivity index (χ0) is 17.3. The molecule has 1 spiro atoms. The standard InChI is InChI=1S/C20H22N2O3/c1-3-11-9-22-7-6-20-14-4-5-15(25-2)18(24)17(14)21-19(20)13(10-23)12(11)8-16(20)22/h3-5,10,12,16,21,24H,6-9H2,1-2H3/t12-,16-,20+/m0/s1. The van der Waals surface area contributed by atoms with Crippen molar-refractivity contribution in [3.63, 3.8) is 0 Å². The van der Waals surface area contributed by atoms with Gasteiger partial charge in [-0.15, -0.1) is 0 Å². The zero-order valence-electron chi connectivity index (χ0n) is 14.5. The topological polar surface area (TPSA) is 61.8 Å². The van der Waals surface area contributed by atoms with Crippen LogP contribution in [-0.4, -0.2) is 42.5 Å². The van der Waals surface area contributed by atoms with Crippen LogP contribution in [0, 0.1) is 5.92 Å². The maximum absolute atomic E-state index is 12.1. The van der Waals surface area contributed by atoms with Gasteiger partial charge in [-0.05, 0) is 31.4 Å². The van der Waals surface area contributed by atoms with E-state index in [1.54, 1.807) is 7.11 Å². The molecule has 2 fully saturated rings. The Morgan fingerprint density at radius 1 is 1.44 bits per heavy atom. The molecule has 1 aromatic carbocycles. The number of aromatic hydroxyl groups is 1. The summed E-state index contributed by atoms with van der Waals surface area (Å²) in [4.78, 5) is 14.6. The Hall–Kier alpha value is -2.27. The molecule has 5 heteroatoms. The number of phenolic OH excluding ortho intramolecular Hbond substituents is 1. The van der Waals surface area contributed by atoms with E-state index in [0.29, 0.717) is 17.5 Å². The quantitative estimate of drug-likeness (QED) is 0.493. The average Bonchev–Trinajstić information content (AvgIpc) is 3.19. The molecule has 5 rings (SSSR count). The van der Waals surface area contributed by atoms with Crippen LogP contribution < -0.4 is 10.1 Å². The summed E-state index contributed by atoms with van der Waals surface area (Å²) >= 11 is 0. The van der Waals surface area contributed by atoms with Crippen molar-refractivity contribution >= 4 is 12.0 Å². The summed E-state index contributed by atoms with van der Waals surface area (Å²) in [7, 11) is 1.56. The van der Waals surface area contributed by atoms with E-state index in [9.17, 15) is 9.90 Å². The van der Waals surface area contributed by atoms with Gasteiger partial charge in [0.05, 0.1) is 18.2 Å². The van der Waals surface area contributed by atoms with E-state index in [2.05, 4.69) is 29.3 Å². The van der Waals surface area contributed by atoms with Crippen LogP contribution in [0.3, 0.4) is 0 Å². The number of allylic oxidation sites excluding steroid dienone is 2. The first kappa shape index (κ1) is 15.0. The van der Waals surface area contributed by atoms with Gasteiger partial charge in [-0.25, -0.2) is 0 Å². The molecule has 1 aromatic rings. The van der Waals surface area contributed by atoms with Gasteiger partial charge >= 0.3 is 0 Å². The molecule has 4 aliphatic rings. The van der Waals surface area contributed by atoms with Gasteiger partial charge in [-0.1, -0.05) is 17.7 Å². The predicted molar refractivity (Wildman–Crippen MR) is 94.9 cm³/mol. The molecule has 1 aliphatic carbocycles. The highest BCUT2D eigenvalue weighted by Gasteiger charge is 2.61. The van der Waals surface area contributed by atoms with Gasteiger partial charge in [0.1, 0.15) is 6.29 Å². The van der Waals surface area contributed by atoms with Gasteiger partial charge in [0.25, 0.3) is 0 Å². The van der Waals surface area contributed by atoms with Crippen molar-refractivity contribution in [3.05, 3.63) is 40.6 Å². The van der Waals surface area contributed by atoms with Crippen molar-refractivity contribution in [1.29, 1.82) is 0 Å². The highest BCUT2D eigenvalue weighted by molar-refractivity contribution is 5.87. The monoisotopic (exact) mass is 338 g/mol. The molecule has 0 saturated carbocycles. The number of carbonyl (C=O) groups is 1. The lowest BCUT2D eigenvalue weighted by molar-refractivity contribution is -0.105. The molecule has 2 bridgehead atoms. The number of fused-ring (bicyclic) bond motifs is 2. The Morgan fingerprint density at radius 2 is 2.28 bits per heavy atom. The Labute approximate surface area is 147 Å². The number of nitrogens with one attached hydrogen (secondary N) is 1. The number of piperidine rings is 1. The Morgan fingerprint density at radius 3 is 3.00 bits per heavy atom. The van der Waals surface area contributed by atoms with Gasteiger partial charge in [0.2, 0.25) is 0 Å². The van der Waals surface area contributed by atoms with Gasteiger partial charge in [0.15, 0.2) is 11.5 Å². The van der Waals surface area contributed by atoms with E-state index in [-0.39, 0.29) is 17.1 Å². The van der Waals surface area contributed by atoms with Gasteiger partial charge in [0, 0.05) is 36.3 Å². The van der Waals surface area contributed by atoms with E-state index in [1.165, 1.54) is 5.57 Å². The van der Waals surface area contributed by atoms with E-state index in [1.807, 2.05) is 6.07 Å². The molecule has 0 unspecified atom stereocenters. The number of carbonyl (C=O) groups excluding carboxylic acids is 1. The molecular formula is C20H22N2O3. The van der Waals surface area contributed by atoms with Crippen LogP contribution in [0.4, 0.5) is 5.69 Å². The fourth-order valence-electron chi connectivity index (χ4n) is 5.69. The molecule has 5 nitrogen and oxygen atoms in total. The third kappa shape index (κ3) is 1.60. The molecule has 2 N–H and O–H groups in total. The first-order valence-electron chi connectivity index (χ1n) is 8.92. The fraction of sp³-hybridized carbons (Fsp3) is 0.450. The van der Waals surface area contributed by atoms with Crippen molar-refractivity contribution in [2.75, 3.05) is 25.5 Å². The number of rotatable bonds is 2. The molecule has 3 heterocycles. The van der Waals surface area contributed by atoms with Crippen molar-refractivity contribution in [2.45, 2.75) is 31.2 Å². The number of phenols is 1. The first-order valence-corrected chi connectivity index (χ1v) is 8.92. The highest BCUT2D eigenvalue weighted by atomic mass is 16.5. The number of benzene rings is 1. The maximum Gasteiger partial charge on any atom is 0.182 e. The number of hydrogen-bond donors (Lipinski definition) is 2. The summed E-state index contributed by atoms with van der Waals surface area (Å²) in [6, 6.07) is 4.27. The number of anilines is 1. The van der Waals surface area contributed by atoms with Crippen LogP contribution in [0.15, 0.2) is 35.1 Å². The summed E-state index contributed by atoms with van der Waals surface area (Å²) in [6.07, 6.45) is 5.15. The molecule has 0 radical (unpaired) electrons. The fourth-order valence-corrected chi connectivity index (χ4v) is 5.69. The third-order valence-corrected chi connectivity index (χ3v) is 6.79. The summed E-state index contributed by atoms with van der Waals surface area (Å²) in [5, 5.41) is 14.1. The second-order valence-corrected chi connectivity index (χ2v) is 7.47. The van der Waals surface area contributed by atoms with E-state index >= 15 is 0 Å². The van der Waals surface area contributed by atoms with Gasteiger partial charge in [-0.2, -0.15) is 0 Å². The molecule has 0 aromatic heterocycles. The lowest BCUT2D eigenvalue weighted by Gasteiger charge is -2.48. The predicted octanol–water partition coefficient (Wildman–Crippen LogP) is 2.57. The van der Waals surface area contributed by atoms with Crippen molar-refractivity contribution < 1.29 is 14.6 Å². The van der Waals surface area contributed by atoms with Crippen LogP contribution in [0.2, 0.25) is 0 Å². The van der Waals surface area contributed by atoms with E-state index in [0.717, 1.165) is 49.1 Å². The second kappa shape index (κ2) is 4.88. The number of methoxy groups -OCH3 is 1. The minimum atomic E-state index is -0.203. The molecule has 130 valence electrons.